The maximum absolute atomic E-state index is 12.7. The van der Waals surface area contributed by atoms with Gasteiger partial charge in [-0.3, -0.25) is 14.3 Å². The fraction of sp³-hybridized carbons (Fsp3) is 0.167. The van der Waals surface area contributed by atoms with Crippen molar-refractivity contribution >= 4 is 44.8 Å². The molecule has 0 spiro atoms. The quantitative estimate of drug-likeness (QED) is 0.457. The second-order valence-electron chi connectivity index (χ2n) is 7.84. The topological polar surface area (TPSA) is 104 Å². The zero-order valence-corrected chi connectivity index (χ0v) is 19.3. The number of anilines is 2. The minimum absolute atomic E-state index is 0.0383. The number of aryl methyl sites for hydroxylation is 1. The molecule has 3 aromatic carbocycles. The van der Waals surface area contributed by atoms with Gasteiger partial charge >= 0.3 is 0 Å². The lowest BCUT2D eigenvalue weighted by molar-refractivity contribution is 0.0950. The molecule has 1 aliphatic rings. The van der Waals surface area contributed by atoms with E-state index < -0.39 is 15.9 Å². The van der Waals surface area contributed by atoms with Gasteiger partial charge in [0.15, 0.2) is 0 Å². The molecule has 1 aliphatic carbocycles. The molecule has 170 valence electrons. The second-order valence-corrected chi connectivity index (χ2v) is 9.93. The molecule has 2 amide bonds. The zero-order valence-electron chi connectivity index (χ0n) is 17.8. The number of amides is 2. The Morgan fingerprint density at radius 2 is 1.64 bits per heavy atom. The largest absolute Gasteiger partial charge is 0.349 e. The summed E-state index contributed by atoms with van der Waals surface area (Å²) in [5, 5.41) is 5.80. The number of carbonyl (C=O) groups excluding carboxylic acids is 2. The highest BCUT2D eigenvalue weighted by atomic mass is 35.5. The van der Waals surface area contributed by atoms with Crippen LogP contribution in [0.25, 0.3) is 0 Å². The number of para-hydroxylation sites is 1. The van der Waals surface area contributed by atoms with Crippen LogP contribution in [-0.2, 0) is 10.0 Å². The average molecular weight is 484 g/mol. The van der Waals surface area contributed by atoms with Crippen LogP contribution in [0.1, 0.15) is 39.1 Å². The van der Waals surface area contributed by atoms with E-state index in [0.29, 0.717) is 16.9 Å². The molecule has 33 heavy (non-hydrogen) atoms. The summed E-state index contributed by atoms with van der Waals surface area (Å²) in [5.41, 5.74) is 2.33. The van der Waals surface area contributed by atoms with Crippen LogP contribution in [0.5, 0.6) is 0 Å². The van der Waals surface area contributed by atoms with Gasteiger partial charge in [-0.15, -0.1) is 0 Å². The van der Waals surface area contributed by atoms with Gasteiger partial charge in [0.05, 0.1) is 21.2 Å². The first-order valence-corrected chi connectivity index (χ1v) is 12.2. The Bertz CT molecular complexity index is 1320. The summed E-state index contributed by atoms with van der Waals surface area (Å²) < 4.78 is 27.9. The van der Waals surface area contributed by atoms with Crippen LogP contribution < -0.4 is 15.4 Å². The summed E-state index contributed by atoms with van der Waals surface area (Å²) in [5.74, 6) is -0.673. The third-order valence-corrected chi connectivity index (χ3v) is 6.89. The Hall–Kier alpha value is -3.36. The Morgan fingerprint density at radius 1 is 0.939 bits per heavy atom. The van der Waals surface area contributed by atoms with Crippen molar-refractivity contribution in [3.63, 3.8) is 0 Å². The van der Waals surface area contributed by atoms with Crippen molar-refractivity contribution in [2.24, 2.45) is 0 Å². The van der Waals surface area contributed by atoms with Crippen LogP contribution in [0, 0.1) is 6.92 Å². The van der Waals surface area contributed by atoms with E-state index in [0.717, 1.165) is 18.4 Å². The maximum Gasteiger partial charge on any atom is 0.261 e. The molecule has 0 unspecified atom stereocenters. The van der Waals surface area contributed by atoms with Crippen molar-refractivity contribution in [1.29, 1.82) is 0 Å². The number of rotatable bonds is 7. The third-order valence-electron chi connectivity index (χ3n) is 5.20. The first-order chi connectivity index (χ1) is 15.7. The predicted molar refractivity (Wildman–Crippen MR) is 128 cm³/mol. The van der Waals surface area contributed by atoms with E-state index in [1.54, 1.807) is 24.3 Å². The van der Waals surface area contributed by atoms with Gasteiger partial charge in [-0.2, -0.15) is 0 Å². The molecule has 0 bridgehead atoms. The molecule has 0 atom stereocenters. The zero-order chi connectivity index (χ0) is 23.6. The van der Waals surface area contributed by atoms with Gasteiger partial charge in [0.1, 0.15) is 0 Å². The van der Waals surface area contributed by atoms with Crippen molar-refractivity contribution in [3.8, 4) is 0 Å². The van der Waals surface area contributed by atoms with E-state index in [2.05, 4.69) is 15.4 Å². The Balaban J connectivity index is 1.43. The van der Waals surface area contributed by atoms with Crippen LogP contribution in [0.15, 0.2) is 71.6 Å². The summed E-state index contributed by atoms with van der Waals surface area (Å²) in [7, 11) is -3.80. The molecular weight excluding hydrogens is 462 g/mol. The third kappa shape index (κ3) is 5.53. The number of nitrogens with one attached hydrogen (secondary N) is 3. The van der Waals surface area contributed by atoms with Gasteiger partial charge < -0.3 is 10.6 Å². The van der Waals surface area contributed by atoms with Crippen LogP contribution >= 0.6 is 11.6 Å². The van der Waals surface area contributed by atoms with Gasteiger partial charge in [0.25, 0.3) is 21.8 Å². The highest BCUT2D eigenvalue weighted by molar-refractivity contribution is 7.92. The normalized spacial score (nSPS) is 13.3. The van der Waals surface area contributed by atoms with Crippen LogP contribution in [0.4, 0.5) is 11.4 Å². The molecule has 3 aromatic rings. The van der Waals surface area contributed by atoms with Crippen LogP contribution in [0.2, 0.25) is 5.02 Å². The van der Waals surface area contributed by atoms with Crippen molar-refractivity contribution in [2.75, 3.05) is 10.0 Å². The Labute approximate surface area is 197 Å². The summed E-state index contributed by atoms with van der Waals surface area (Å²) >= 11 is 6.22. The predicted octanol–water partition coefficient (Wildman–Crippen LogP) is 4.59. The molecule has 0 heterocycles. The lowest BCUT2D eigenvalue weighted by Gasteiger charge is -2.11. The van der Waals surface area contributed by atoms with Crippen molar-refractivity contribution < 1.29 is 18.0 Å². The van der Waals surface area contributed by atoms with Gasteiger partial charge in [-0.05, 0) is 73.9 Å². The maximum atomic E-state index is 12.7. The second kappa shape index (κ2) is 9.25. The van der Waals surface area contributed by atoms with Crippen LogP contribution in [0.3, 0.4) is 0 Å². The van der Waals surface area contributed by atoms with Crippen molar-refractivity contribution in [3.05, 3.63) is 88.4 Å². The standard InChI is InChI=1S/C24H22ClN3O4S/c1-15-4-2-3-5-22(15)28-33(31,32)19-11-6-16(7-12-19)23(29)27-18-10-13-20(21(25)14-18)24(30)26-17-8-9-17/h2-7,10-14,17,28H,8-9H2,1H3,(H,26,30)(H,27,29). The molecule has 4 rings (SSSR count). The lowest BCUT2D eigenvalue weighted by atomic mass is 10.1. The lowest BCUT2D eigenvalue weighted by Crippen LogP contribution is -2.25. The number of sulfonamides is 1. The highest BCUT2D eigenvalue weighted by Crippen LogP contribution is 2.25. The first kappa shape index (κ1) is 22.8. The minimum Gasteiger partial charge on any atom is -0.349 e. The van der Waals surface area contributed by atoms with E-state index in [9.17, 15) is 18.0 Å². The fourth-order valence-corrected chi connectivity index (χ4v) is 4.54. The Kier molecular flexibility index (Phi) is 6.40. The number of hydrogen-bond donors (Lipinski definition) is 3. The van der Waals surface area contributed by atoms with E-state index >= 15 is 0 Å². The monoisotopic (exact) mass is 483 g/mol. The molecule has 0 saturated heterocycles. The van der Waals surface area contributed by atoms with Crippen molar-refractivity contribution in [1.82, 2.24) is 5.32 Å². The number of halogens is 1. The molecule has 7 nitrogen and oxygen atoms in total. The molecule has 0 aliphatic heterocycles. The molecule has 3 N–H and O–H groups in total. The van der Waals surface area contributed by atoms with Gasteiger partial charge in [-0.25, -0.2) is 8.42 Å². The smallest absolute Gasteiger partial charge is 0.261 e. The molecule has 9 heteroatoms. The van der Waals surface area contributed by atoms with Crippen molar-refractivity contribution in [2.45, 2.75) is 30.7 Å². The van der Waals surface area contributed by atoms with E-state index in [1.807, 2.05) is 19.1 Å². The molecule has 0 aromatic heterocycles. The highest BCUT2D eigenvalue weighted by Gasteiger charge is 2.24. The fourth-order valence-electron chi connectivity index (χ4n) is 3.15. The number of benzene rings is 3. The average Bonchev–Trinajstić information content (AvgIpc) is 3.59. The summed E-state index contributed by atoms with van der Waals surface area (Å²) in [6, 6.07) is 17.5. The molecule has 1 saturated carbocycles. The summed E-state index contributed by atoms with van der Waals surface area (Å²) in [6.07, 6.45) is 1.94. The number of carbonyl (C=O) groups is 2. The SMILES string of the molecule is Cc1ccccc1NS(=O)(=O)c1ccc(C(=O)Nc2ccc(C(=O)NC3CC3)c(Cl)c2)cc1. The minimum atomic E-state index is -3.80. The van der Waals surface area contributed by atoms with Gasteiger partial charge in [-0.1, -0.05) is 29.8 Å². The Morgan fingerprint density at radius 3 is 2.27 bits per heavy atom. The van der Waals surface area contributed by atoms with E-state index in [-0.39, 0.29) is 27.4 Å². The van der Waals surface area contributed by atoms with Gasteiger partial charge in [0.2, 0.25) is 0 Å². The summed E-state index contributed by atoms with van der Waals surface area (Å²) in [6.45, 7) is 1.81. The van der Waals surface area contributed by atoms with E-state index in [4.69, 9.17) is 11.6 Å². The summed E-state index contributed by atoms with van der Waals surface area (Å²) in [4.78, 5) is 24.8. The molecule has 0 radical (unpaired) electrons. The first-order valence-electron chi connectivity index (χ1n) is 10.3. The van der Waals surface area contributed by atoms with Gasteiger partial charge in [0, 0.05) is 17.3 Å². The molecule has 1 fully saturated rings. The molecular formula is C24H22ClN3O4S. The van der Waals surface area contributed by atoms with Crippen LogP contribution in [-0.4, -0.2) is 26.3 Å². The number of hydrogen-bond acceptors (Lipinski definition) is 4. The van der Waals surface area contributed by atoms with E-state index in [1.165, 1.54) is 30.3 Å².